The fourth-order valence-corrected chi connectivity index (χ4v) is 2.27. The highest BCUT2D eigenvalue weighted by Gasteiger charge is 2.15. The lowest BCUT2D eigenvalue weighted by molar-refractivity contribution is 0.430. The van der Waals surface area contributed by atoms with Crippen molar-refractivity contribution >= 4 is 28.3 Å². The second-order valence-electron chi connectivity index (χ2n) is 5.00. The molecule has 18 heavy (non-hydrogen) atoms. The van der Waals surface area contributed by atoms with Gasteiger partial charge in [-0.05, 0) is 67.5 Å². The molecule has 0 saturated heterocycles. The average Bonchev–Trinajstić information content (AvgIpc) is 2.31. The fourth-order valence-electron chi connectivity index (χ4n) is 1.60. The SMILES string of the molecule is CC(C)(C#N)CCCCNc1ccc(F)cc1I. The first-order valence-corrected chi connectivity index (χ1v) is 7.13. The van der Waals surface area contributed by atoms with E-state index in [4.69, 9.17) is 5.26 Å². The van der Waals surface area contributed by atoms with Crippen molar-refractivity contribution in [3.63, 3.8) is 0 Å². The summed E-state index contributed by atoms with van der Waals surface area (Å²) in [7, 11) is 0. The van der Waals surface area contributed by atoms with Crippen molar-refractivity contribution < 1.29 is 4.39 Å². The van der Waals surface area contributed by atoms with Crippen LogP contribution in [0.1, 0.15) is 33.1 Å². The number of nitriles is 1. The van der Waals surface area contributed by atoms with Crippen LogP contribution in [-0.4, -0.2) is 6.54 Å². The lowest BCUT2D eigenvalue weighted by atomic mass is 9.89. The molecule has 0 unspecified atom stereocenters. The Morgan fingerprint density at radius 2 is 2.11 bits per heavy atom. The van der Waals surface area contributed by atoms with Gasteiger partial charge in [-0.3, -0.25) is 0 Å². The van der Waals surface area contributed by atoms with Gasteiger partial charge in [0.15, 0.2) is 0 Å². The number of anilines is 1. The van der Waals surface area contributed by atoms with Crippen molar-refractivity contribution in [1.82, 2.24) is 0 Å². The molecule has 2 nitrogen and oxygen atoms in total. The van der Waals surface area contributed by atoms with Gasteiger partial charge in [0.25, 0.3) is 0 Å². The van der Waals surface area contributed by atoms with E-state index in [0.29, 0.717) is 0 Å². The van der Waals surface area contributed by atoms with Gasteiger partial charge < -0.3 is 5.32 Å². The van der Waals surface area contributed by atoms with Gasteiger partial charge in [-0.25, -0.2) is 4.39 Å². The first kappa shape index (κ1) is 15.2. The van der Waals surface area contributed by atoms with Crippen LogP contribution in [0.25, 0.3) is 0 Å². The molecule has 98 valence electrons. The van der Waals surface area contributed by atoms with Gasteiger partial charge >= 0.3 is 0 Å². The molecule has 0 amide bonds. The van der Waals surface area contributed by atoms with Crippen molar-refractivity contribution in [2.75, 3.05) is 11.9 Å². The van der Waals surface area contributed by atoms with E-state index in [1.54, 1.807) is 6.07 Å². The number of rotatable bonds is 6. The summed E-state index contributed by atoms with van der Waals surface area (Å²) in [5.74, 6) is -0.208. The van der Waals surface area contributed by atoms with Crippen LogP contribution in [0.4, 0.5) is 10.1 Å². The molecule has 0 atom stereocenters. The van der Waals surface area contributed by atoms with Crippen LogP contribution in [0.3, 0.4) is 0 Å². The smallest absolute Gasteiger partial charge is 0.124 e. The van der Waals surface area contributed by atoms with Gasteiger partial charge in [0, 0.05) is 15.8 Å². The maximum absolute atomic E-state index is 12.9. The molecule has 0 bridgehead atoms. The van der Waals surface area contributed by atoms with Gasteiger partial charge in [-0.2, -0.15) is 5.26 Å². The van der Waals surface area contributed by atoms with Gasteiger partial charge in [-0.15, -0.1) is 0 Å². The normalized spacial score (nSPS) is 11.1. The lowest BCUT2D eigenvalue weighted by Gasteiger charge is -2.14. The fraction of sp³-hybridized carbons (Fsp3) is 0.500. The zero-order valence-electron chi connectivity index (χ0n) is 10.8. The van der Waals surface area contributed by atoms with Crippen LogP contribution in [0.2, 0.25) is 0 Å². The van der Waals surface area contributed by atoms with Crippen LogP contribution in [0.15, 0.2) is 18.2 Å². The molecule has 0 aliphatic rings. The monoisotopic (exact) mass is 360 g/mol. The summed E-state index contributed by atoms with van der Waals surface area (Å²) in [5.41, 5.74) is 0.737. The molecule has 0 aromatic heterocycles. The summed E-state index contributed by atoms with van der Waals surface area (Å²) in [6.45, 7) is 4.77. The third-order valence-electron chi connectivity index (χ3n) is 2.78. The van der Waals surface area contributed by atoms with E-state index in [1.807, 2.05) is 13.8 Å². The number of benzene rings is 1. The molecule has 0 aliphatic heterocycles. The minimum Gasteiger partial charge on any atom is -0.384 e. The van der Waals surface area contributed by atoms with Crippen molar-refractivity contribution in [2.45, 2.75) is 33.1 Å². The molecule has 0 fully saturated rings. The lowest BCUT2D eigenvalue weighted by Crippen LogP contribution is -2.09. The van der Waals surface area contributed by atoms with Crippen molar-refractivity contribution in [3.05, 3.63) is 27.6 Å². The van der Waals surface area contributed by atoms with E-state index >= 15 is 0 Å². The maximum atomic E-state index is 12.9. The van der Waals surface area contributed by atoms with Crippen molar-refractivity contribution in [2.24, 2.45) is 5.41 Å². The Morgan fingerprint density at radius 3 is 2.72 bits per heavy atom. The van der Waals surface area contributed by atoms with E-state index < -0.39 is 0 Å². The first-order valence-electron chi connectivity index (χ1n) is 6.05. The molecule has 0 heterocycles. The summed E-state index contributed by atoms with van der Waals surface area (Å²) in [6, 6.07) is 7.04. The summed E-state index contributed by atoms with van der Waals surface area (Å²) in [5, 5.41) is 12.2. The number of halogens is 2. The second kappa shape index (κ2) is 6.93. The zero-order valence-corrected chi connectivity index (χ0v) is 12.9. The molecular formula is C14H18FIN2. The molecule has 1 rings (SSSR count). The second-order valence-corrected chi connectivity index (χ2v) is 6.17. The Kier molecular flexibility index (Phi) is 5.86. The van der Waals surface area contributed by atoms with Gasteiger partial charge in [0.2, 0.25) is 0 Å². The molecule has 0 radical (unpaired) electrons. The highest BCUT2D eigenvalue weighted by molar-refractivity contribution is 14.1. The number of hydrogen-bond acceptors (Lipinski definition) is 2. The maximum Gasteiger partial charge on any atom is 0.124 e. The molecular weight excluding hydrogens is 342 g/mol. The Morgan fingerprint density at radius 1 is 1.39 bits per heavy atom. The Balaban J connectivity index is 2.29. The Labute approximate surface area is 122 Å². The van der Waals surface area contributed by atoms with Crippen molar-refractivity contribution in [3.8, 4) is 6.07 Å². The number of unbranched alkanes of at least 4 members (excludes halogenated alkanes) is 1. The molecule has 1 N–H and O–H groups in total. The Hall–Kier alpha value is -0.830. The third-order valence-corrected chi connectivity index (χ3v) is 3.67. The highest BCUT2D eigenvalue weighted by Crippen LogP contribution is 2.22. The average molecular weight is 360 g/mol. The first-order chi connectivity index (χ1) is 8.44. The molecule has 1 aromatic rings. The number of nitrogens with one attached hydrogen (secondary N) is 1. The van der Waals surface area contributed by atoms with Gasteiger partial charge in [0.05, 0.1) is 11.5 Å². The van der Waals surface area contributed by atoms with Crippen LogP contribution in [0.5, 0.6) is 0 Å². The highest BCUT2D eigenvalue weighted by atomic mass is 127. The van der Waals surface area contributed by atoms with E-state index in [0.717, 1.165) is 35.1 Å². The molecule has 4 heteroatoms. The minimum absolute atomic E-state index is 0.208. The predicted octanol–water partition coefficient (Wildman–Crippen LogP) is 4.56. The van der Waals surface area contributed by atoms with E-state index in [-0.39, 0.29) is 11.2 Å². The zero-order chi connectivity index (χ0) is 13.6. The summed E-state index contributed by atoms with van der Waals surface area (Å²) < 4.78 is 13.8. The summed E-state index contributed by atoms with van der Waals surface area (Å²) in [4.78, 5) is 0. The van der Waals surface area contributed by atoms with E-state index in [1.165, 1.54) is 12.1 Å². The predicted molar refractivity (Wildman–Crippen MR) is 80.9 cm³/mol. The van der Waals surface area contributed by atoms with Crippen molar-refractivity contribution in [1.29, 1.82) is 5.26 Å². The van der Waals surface area contributed by atoms with E-state index in [2.05, 4.69) is 34.0 Å². The van der Waals surface area contributed by atoms with Gasteiger partial charge in [-0.1, -0.05) is 6.42 Å². The number of hydrogen-bond donors (Lipinski definition) is 1. The Bertz CT molecular complexity index is 438. The van der Waals surface area contributed by atoms with E-state index in [9.17, 15) is 4.39 Å². The number of nitrogens with zero attached hydrogens (tertiary/aromatic N) is 1. The van der Waals surface area contributed by atoms with Crippen LogP contribution < -0.4 is 5.32 Å². The largest absolute Gasteiger partial charge is 0.384 e. The molecule has 0 aliphatic carbocycles. The van der Waals surface area contributed by atoms with Crippen LogP contribution in [0, 0.1) is 26.1 Å². The summed E-state index contributed by atoms with van der Waals surface area (Å²) in [6.07, 6.45) is 2.94. The topological polar surface area (TPSA) is 35.8 Å². The van der Waals surface area contributed by atoms with Crippen LogP contribution in [-0.2, 0) is 0 Å². The van der Waals surface area contributed by atoms with Crippen LogP contribution >= 0.6 is 22.6 Å². The molecule has 1 aromatic carbocycles. The standard InChI is InChI=1S/C14H18FIN2/c1-14(2,10-17)7-3-4-8-18-13-6-5-11(15)9-12(13)16/h5-6,9,18H,3-4,7-8H2,1-2H3. The van der Waals surface area contributed by atoms with Gasteiger partial charge in [0.1, 0.15) is 5.82 Å². The minimum atomic E-state index is -0.232. The molecule has 0 saturated carbocycles. The quantitative estimate of drug-likeness (QED) is 0.596. The molecule has 0 spiro atoms. The third kappa shape index (κ3) is 5.21. The summed E-state index contributed by atoms with van der Waals surface area (Å²) >= 11 is 2.12.